The van der Waals surface area contributed by atoms with E-state index in [0.29, 0.717) is 10.8 Å². The Labute approximate surface area is 112 Å². The Balaban J connectivity index is 2.02. The Morgan fingerprint density at radius 1 is 1.39 bits per heavy atom. The number of hydrogen-bond donors (Lipinski definition) is 1. The lowest BCUT2D eigenvalue weighted by Crippen LogP contribution is -1.91. The van der Waals surface area contributed by atoms with Crippen LogP contribution < -0.4 is 0 Å². The molecule has 0 radical (unpaired) electrons. The number of carboxylic acid groups (broad SMARTS) is 1. The number of carbonyl (C=O) groups is 1. The Bertz CT molecular complexity index is 582. The fourth-order valence-corrected chi connectivity index (χ4v) is 2.30. The first kappa shape index (κ1) is 13.0. The van der Waals surface area contributed by atoms with E-state index in [1.54, 1.807) is 12.1 Å². The molecule has 0 fully saturated rings. The number of thioether (sulfide) groups is 1. The molecule has 18 heavy (non-hydrogen) atoms. The molecule has 94 valence electrons. The summed E-state index contributed by atoms with van der Waals surface area (Å²) in [6, 6.07) is 7.42. The summed E-state index contributed by atoms with van der Waals surface area (Å²) in [6.45, 7) is 0. The van der Waals surface area contributed by atoms with Gasteiger partial charge in [-0.2, -0.15) is 0 Å². The van der Waals surface area contributed by atoms with Crippen molar-refractivity contribution in [2.24, 2.45) is 0 Å². The van der Waals surface area contributed by atoms with Gasteiger partial charge in [-0.05, 0) is 29.8 Å². The third-order valence-corrected chi connectivity index (χ3v) is 3.43. The molecule has 2 rings (SSSR count). The van der Waals surface area contributed by atoms with Crippen LogP contribution >= 0.6 is 23.4 Å². The average molecular weight is 287 g/mol. The molecule has 3 nitrogen and oxygen atoms in total. The van der Waals surface area contributed by atoms with E-state index < -0.39 is 11.8 Å². The molecule has 6 heteroatoms. The van der Waals surface area contributed by atoms with E-state index in [1.165, 1.54) is 30.0 Å². The maximum absolute atomic E-state index is 12.9. The SMILES string of the molecule is O=C(O)c1ccc(SCc2ccc(F)c(Cl)c2)o1. The van der Waals surface area contributed by atoms with Gasteiger partial charge in [-0.1, -0.05) is 29.4 Å². The Morgan fingerprint density at radius 2 is 2.17 bits per heavy atom. The van der Waals surface area contributed by atoms with Crippen molar-refractivity contribution in [1.29, 1.82) is 0 Å². The highest BCUT2D eigenvalue weighted by Crippen LogP contribution is 2.26. The molecule has 0 aliphatic rings. The summed E-state index contributed by atoms with van der Waals surface area (Å²) in [7, 11) is 0. The zero-order chi connectivity index (χ0) is 13.1. The topological polar surface area (TPSA) is 50.4 Å². The van der Waals surface area contributed by atoms with Crippen LogP contribution in [0.25, 0.3) is 0 Å². The number of aromatic carboxylic acids is 1. The van der Waals surface area contributed by atoms with Gasteiger partial charge in [-0.15, -0.1) is 0 Å². The van der Waals surface area contributed by atoms with Gasteiger partial charge in [0.1, 0.15) is 5.82 Å². The maximum Gasteiger partial charge on any atom is 0.371 e. The molecule has 0 saturated heterocycles. The van der Waals surface area contributed by atoms with Gasteiger partial charge in [-0.25, -0.2) is 9.18 Å². The molecule has 1 heterocycles. The second-order valence-electron chi connectivity index (χ2n) is 3.46. The van der Waals surface area contributed by atoms with Crippen LogP contribution in [-0.2, 0) is 5.75 Å². The summed E-state index contributed by atoms with van der Waals surface area (Å²) >= 11 is 6.97. The molecule has 0 spiro atoms. The number of rotatable bonds is 4. The number of furan rings is 1. The molecule has 0 saturated carbocycles. The first-order valence-corrected chi connectivity index (χ1v) is 6.32. The van der Waals surface area contributed by atoms with E-state index in [0.717, 1.165) is 5.56 Å². The van der Waals surface area contributed by atoms with Gasteiger partial charge in [0.05, 0.1) is 5.02 Å². The summed E-state index contributed by atoms with van der Waals surface area (Å²) in [5.74, 6) is -1.15. The predicted octanol–water partition coefficient (Wildman–Crippen LogP) is 4.06. The molecular formula is C12H8ClFO3S. The third kappa shape index (κ3) is 3.05. The standard InChI is InChI=1S/C12H8ClFO3S/c13-8-5-7(1-2-9(8)14)6-18-11-4-3-10(17-11)12(15)16/h1-5H,6H2,(H,15,16). The maximum atomic E-state index is 12.9. The van der Waals surface area contributed by atoms with E-state index in [-0.39, 0.29) is 10.8 Å². The Hall–Kier alpha value is -1.46. The molecule has 0 atom stereocenters. The van der Waals surface area contributed by atoms with Crippen LogP contribution in [0, 0.1) is 5.82 Å². The van der Waals surface area contributed by atoms with Gasteiger partial charge in [0.2, 0.25) is 5.76 Å². The van der Waals surface area contributed by atoms with Crippen molar-refractivity contribution >= 4 is 29.3 Å². The van der Waals surface area contributed by atoms with Crippen LogP contribution in [0.15, 0.2) is 39.8 Å². The van der Waals surface area contributed by atoms with E-state index in [2.05, 4.69) is 0 Å². The molecule has 0 amide bonds. The summed E-state index contributed by atoms with van der Waals surface area (Å²) in [4.78, 5) is 10.6. The molecule has 0 bridgehead atoms. The predicted molar refractivity (Wildman–Crippen MR) is 66.6 cm³/mol. The van der Waals surface area contributed by atoms with Gasteiger partial charge in [-0.3, -0.25) is 0 Å². The molecule has 1 N–H and O–H groups in total. The third-order valence-electron chi connectivity index (χ3n) is 2.16. The minimum atomic E-state index is -1.10. The summed E-state index contributed by atoms with van der Waals surface area (Å²) in [6.07, 6.45) is 0. The van der Waals surface area contributed by atoms with Gasteiger partial charge in [0.15, 0.2) is 5.09 Å². The minimum Gasteiger partial charge on any atom is -0.475 e. The first-order valence-electron chi connectivity index (χ1n) is 4.96. The molecule has 0 unspecified atom stereocenters. The van der Waals surface area contributed by atoms with Crippen molar-refractivity contribution in [2.45, 2.75) is 10.8 Å². The monoisotopic (exact) mass is 286 g/mol. The molecule has 1 aromatic heterocycles. The van der Waals surface area contributed by atoms with Gasteiger partial charge in [0.25, 0.3) is 0 Å². The molecule has 0 aliphatic carbocycles. The summed E-state index contributed by atoms with van der Waals surface area (Å²) < 4.78 is 18.0. The normalized spacial score (nSPS) is 10.6. The molecule has 1 aromatic carbocycles. The average Bonchev–Trinajstić information content (AvgIpc) is 2.79. The van der Waals surface area contributed by atoms with Crippen molar-refractivity contribution in [3.63, 3.8) is 0 Å². The second-order valence-corrected chi connectivity index (χ2v) is 4.85. The zero-order valence-corrected chi connectivity index (χ0v) is 10.6. The van der Waals surface area contributed by atoms with E-state index in [1.807, 2.05) is 0 Å². The van der Waals surface area contributed by atoms with E-state index in [4.69, 9.17) is 21.1 Å². The fraction of sp³-hybridized carbons (Fsp3) is 0.0833. The highest BCUT2D eigenvalue weighted by molar-refractivity contribution is 7.98. The second kappa shape index (κ2) is 5.46. The summed E-state index contributed by atoms with van der Waals surface area (Å²) in [5.41, 5.74) is 0.833. The van der Waals surface area contributed by atoms with Crippen LogP contribution in [0.1, 0.15) is 16.1 Å². The van der Waals surface area contributed by atoms with Gasteiger partial charge >= 0.3 is 5.97 Å². The fourth-order valence-electron chi connectivity index (χ4n) is 1.30. The minimum absolute atomic E-state index is 0.0683. The van der Waals surface area contributed by atoms with Crippen molar-refractivity contribution in [3.05, 3.63) is 52.5 Å². The van der Waals surface area contributed by atoms with E-state index in [9.17, 15) is 9.18 Å². The smallest absolute Gasteiger partial charge is 0.371 e. The van der Waals surface area contributed by atoms with Crippen LogP contribution in [-0.4, -0.2) is 11.1 Å². The lowest BCUT2D eigenvalue weighted by molar-refractivity contribution is 0.0656. The van der Waals surface area contributed by atoms with Crippen molar-refractivity contribution < 1.29 is 18.7 Å². The number of halogens is 2. The highest BCUT2D eigenvalue weighted by Gasteiger charge is 2.09. The van der Waals surface area contributed by atoms with E-state index >= 15 is 0 Å². The van der Waals surface area contributed by atoms with Gasteiger partial charge < -0.3 is 9.52 Å². The number of benzene rings is 1. The van der Waals surface area contributed by atoms with Crippen molar-refractivity contribution in [3.8, 4) is 0 Å². The van der Waals surface area contributed by atoms with Crippen LogP contribution in [0.3, 0.4) is 0 Å². The first-order chi connectivity index (χ1) is 8.56. The van der Waals surface area contributed by atoms with Crippen LogP contribution in [0.2, 0.25) is 5.02 Å². The Kier molecular flexibility index (Phi) is 3.93. The molecule has 2 aromatic rings. The van der Waals surface area contributed by atoms with Crippen LogP contribution in [0.5, 0.6) is 0 Å². The quantitative estimate of drug-likeness (QED) is 0.861. The summed E-state index contributed by atoms with van der Waals surface area (Å²) in [5, 5.41) is 9.25. The lowest BCUT2D eigenvalue weighted by Gasteiger charge is -2.00. The highest BCUT2D eigenvalue weighted by atomic mass is 35.5. The molecule has 0 aliphatic heterocycles. The zero-order valence-electron chi connectivity index (χ0n) is 9.02. The molecular weight excluding hydrogens is 279 g/mol. The van der Waals surface area contributed by atoms with Crippen LogP contribution in [0.4, 0.5) is 4.39 Å². The number of hydrogen-bond acceptors (Lipinski definition) is 3. The van der Waals surface area contributed by atoms with Crippen molar-refractivity contribution in [2.75, 3.05) is 0 Å². The van der Waals surface area contributed by atoms with Crippen molar-refractivity contribution in [1.82, 2.24) is 0 Å². The largest absolute Gasteiger partial charge is 0.475 e. The lowest BCUT2D eigenvalue weighted by atomic mass is 10.2. The number of carboxylic acids is 1. The van der Waals surface area contributed by atoms with Gasteiger partial charge in [0, 0.05) is 5.75 Å². The Morgan fingerprint density at radius 3 is 2.78 bits per heavy atom.